The van der Waals surface area contributed by atoms with E-state index in [0.29, 0.717) is 0 Å². The summed E-state index contributed by atoms with van der Waals surface area (Å²) in [5.41, 5.74) is 1.94. The Morgan fingerprint density at radius 3 is 2.71 bits per heavy atom. The van der Waals surface area contributed by atoms with Gasteiger partial charge in [0.1, 0.15) is 5.82 Å². The third kappa shape index (κ3) is 2.78. The van der Waals surface area contributed by atoms with Gasteiger partial charge in [0.05, 0.1) is 22.3 Å². The minimum atomic E-state index is -0.928. The highest BCUT2D eigenvalue weighted by Gasteiger charge is 2.11. The molecule has 0 unspecified atom stereocenters. The lowest BCUT2D eigenvalue weighted by Crippen LogP contribution is -1.96. The zero-order valence-electron chi connectivity index (χ0n) is 11.5. The summed E-state index contributed by atoms with van der Waals surface area (Å²) in [6, 6.07) is 15.2. The molecule has 0 aliphatic heterocycles. The number of thioether (sulfide) groups is 1. The molecule has 1 aromatic heterocycles. The Hall–Kier alpha value is -2.27. The lowest BCUT2D eigenvalue weighted by molar-refractivity contribution is 0.0697. The van der Waals surface area contributed by atoms with Gasteiger partial charge in [-0.15, -0.1) is 11.8 Å². The maximum absolute atomic E-state index is 11.0. The van der Waals surface area contributed by atoms with Gasteiger partial charge in [-0.25, -0.2) is 9.78 Å². The van der Waals surface area contributed by atoms with Crippen LogP contribution in [0.4, 0.5) is 0 Å². The van der Waals surface area contributed by atoms with Crippen LogP contribution in [0.5, 0.6) is 0 Å². The van der Waals surface area contributed by atoms with Gasteiger partial charge in [-0.1, -0.05) is 18.2 Å². The van der Waals surface area contributed by atoms with Gasteiger partial charge in [0.15, 0.2) is 0 Å². The number of nitrogens with zero attached hydrogens (tertiary/aromatic N) is 2. The Bertz CT molecular complexity index is 797. The number of carbonyl (C=O) groups is 1. The summed E-state index contributed by atoms with van der Waals surface area (Å²) in [6.45, 7) is 0. The molecule has 4 nitrogen and oxygen atoms in total. The number of carboxylic acid groups (broad SMARTS) is 1. The van der Waals surface area contributed by atoms with Crippen molar-refractivity contribution >= 4 is 28.8 Å². The Morgan fingerprint density at radius 1 is 1.24 bits per heavy atom. The van der Waals surface area contributed by atoms with E-state index in [9.17, 15) is 4.79 Å². The summed E-state index contributed by atoms with van der Waals surface area (Å²) in [5.74, 6) is 0.751. The second kappa shape index (κ2) is 5.61. The molecule has 0 aliphatic carbocycles. The molecule has 0 atom stereocenters. The van der Waals surface area contributed by atoms with Crippen LogP contribution in [-0.2, 0) is 12.8 Å². The Balaban J connectivity index is 1.89. The number of benzene rings is 2. The lowest BCUT2D eigenvalue weighted by atomic mass is 10.2. The van der Waals surface area contributed by atoms with E-state index in [2.05, 4.69) is 17.1 Å². The van der Waals surface area contributed by atoms with Crippen LogP contribution >= 0.6 is 11.8 Å². The first-order valence-corrected chi connectivity index (χ1v) is 7.50. The van der Waals surface area contributed by atoms with Gasteiger partial charge in [0, 0.05) is 11.9 Å². The minimum Gasteiger partial charge on any atom is -0.478 e. The molecule has 3 aromatic rings. The van der Waals surface area contributed by atoms with Crippen molar-refractivity contribution < 1.29 is 9.90 Å². The van der Waals surface area contributed by atoms with E-state index in [1.54, 1.807) is 23.9 Å². The maximum atomic E-state index is 11.0. The predicted octanol–water partition coefficient (Wildman–Crippen LogP) is 3.56. The average Bonchev–Trinajstić information content (AvgIpc) is 2.82. The van der Waals surface area contributed by atoms with Crippen LogP contribution in [0.2, 0.25) is 0 Å². The summed E-state index contributed by atoms with van der Waals surface area (Å²) in [6.07, 6.45) is 0. The third-order valence-electron chi connectivity index (χ3n) is 3.33. The molecule has 0 saturated carbocycles. The van der Waals surface area contributed by atoms with E-state index in [1.165, 1.54) is 4.90 Å². The molecule has 3 rings (SSSR count). The molecule has 1 heterocycles. The van der Waals surface area contributed by atoms with Gasteiger partial charge in [-0.05, 0) is 30.3 Å². The smallest absolute Gasteiger partial charge is 0.335 e. The predicted molar refractivity (Wildman–Crippen MR) is 83.7 cm³/mol. The van der Waals surface area contributed by atoms with Gasteiger partial charge in [-0.3, -0.25) is 0 Å². The number of aromatic carboxylic acids is 1. The second-order valence-electron chi connectivity index (χ2n) is 4.70. The minimum absolute atomic E-state index is 0.267. The quantitative estimate of drug-likeness (QED) is 0.748. The van der Waals surface area contributed by atoms with Crippen molar-refractivity contribution in [3.8, 4) is 0 Å². The van der Waals surface area contributed by atoms with Crippen molar-refractivity contribution in [2.75, 3.05) is 0 Å². The normalized spacial score (nSPS) is 10.9. The number of aryl methyl sites for hydroxylation is 1. The molecular weight excluding hydrogens is 284 g/mol. The molecule has 1 N–H and O–H groups in total. The first-order valence-electron chi connectivity index (χ1n) is 6.51. The third-order valence-corrected chi connectivity index (χ3v) is 4.34. The number of hydrogen-bond donors (Lipinski definition) is 1. The van der Waals surface area contributed by atoms with Crippen molar-refractivity contribution in [2.45, 2.75) is 10.6 Å². The number of hydrogen-bond acceptors (Lipinski definition) is 3. The molecule has 0 aliphatic rings. The summed E-state index contributed by atoms with van der Waals surface area (Å²) < 4.78 is 2.01. The maximum Gasteiger partial charge on any atom is 0.335 e. The monoisotopic (exact) mass is 298 g/mol. The molecule has 0 bridgehead atoms. The van der Waals surface area contributed by atoms with Crippen LogP contribution < -0.4 is 0 Å². The first kappa shape index (κ1) is 13.7. The highest BCUT2D eigenvalue weighted by molar-refractivity contribution is 7.98. The molecule has 5 heteroatoms. The van der Waals surface area contributed by atoms with Gasteiger partial charge < -0.3 is 9.67 Å². The van der Waals surface area contributed by atoms with Gasteiger partial charge in [-0.2, -0.15) is 0 Å². The Kier molecular flexibility index (Phi) is 3.66. The molecule has 0 fully saturated rings. The van der Waals surface area contributed by atoms with E-state index < -0.39 is 5.97 Å². The zero-order chi connectivity index (χ0) is 14.8. The van der Waals surface area contributed by atoms with Crippen molar-refractivity contribution in [1.82, 2.24) is 9.55 Å². The highest BCUT2D eigenvalue weighted by Crippen LogP contribution is 2.24. The summed E-state index contributed by atoms with van der Waals surface area (Å²) in [4.78, 5) is 16.7. The first-order chi connectivity index (χ1) is 10.1. The number of aromatic nitrogens is 2. The molecule has 0 spiro atoms. The van der Waals surface area contributed by atoms with E-state index in [-0.39, 0.29) is 5.56 Å². The summed E-state index contributed by atoms with van der Waals surface area (Å²) in [7, 11) is 1.96. The molecule has 21 heavy (non-hydrogen) atoms. The van der Waals surface area contributed by atoms with E-state index >= 15 is 0 Å². The van der Waals surface area contributed by atoms with Crippen molar-refractivity contribution in [3.63, 3.8) is 0 Å². The number of carboxylic acids is 1. The Labute approximate surface area is 126 Å². The standard InChI is InChI=1S/C16H14N2O2S/c1-18-14-8-7-11(16(19)20)9-13(14)17-15(18)10-21-12-5-3-2-4-6-12/h2-9H,10H2,1H3,(H,19,20). The van der Waals surface area contributed by atoms with Crippen molar-refractivity contribution in [3.05, 3.63) is 59.9 Å². The van der Waals surface area contributed by atoms with Crippen LogP contribution in [0.1, 0.15) is 16.2 Å². The topological polar surface area (TPSA) is 55.1 Å². The van der Waals surface area contributed by atoms with Gasteiger partial charge in [0.25, 0.3) is 0 Å². The van der Waals surface area contributed by atoms with E-state index in [4.69, 9.17) is 5.11 Å². The molecule has 106 valence electrons. The molecule has 0 amide bonds. The fourth-order valence-electron chi connectivity index (χ4n) is 2.18. The fraction of sp³-hybridized carbons (Fsp3) is 0.125. The highest BCUT2D eigenvalue weighted by atomic mass is 32.2. The molecule has 2 aromatic carbocycles. The fourth-order valence-corrected chi connectivity index (χ4v) is 3.08. The summed E-state index contributed by atoms with van der Waals surface area (Å²) >= 11 is 1.71. The van der Waals surface area contributed by atoms with Gasteiger partial charge >= 0.3 is 5.97 Å². The number of imidazole rings is 1. The van der Waals surface area contributed by atoms with Crippen LogP contribution in [-0.4, -0.2) is 20.6 Å². The lowest BCUT2D eigenvalue weighted by Gasteiger charge is -2.02. The summed E-state index contributed by atoms with van der Waals surface area (Å²) in [5, 5.41) is 9.03. The van der Waals surface area contributed by atoms with Crippen LogP contribution in [0.3, 0.4) is 0 Å². The SMILES string of the molecule is Cn1c(CSc2ccccc2)nc2cc(C(=O)O)ccc21. The van der Waals surface area contributed by atoms with E-state index in [1.807, 2.05) is 35.9 Å². The van der Waals surface area contributed by atoms with Crippen LogP contribution in [0.15, 0.2) is 53.4 Å². The zero-order valence-corrected chi connectivity index (χ0v) is 12.3. The van der Waals surface area contributed by atoms with Crippen molar-refractivity contribution in [1.29, 1.82) is 0 Å². The van der Waals surface area contributed by atoms with E-state index in [0.717, 1.165) is 22.6 Å². The Morgan fingerprint density at radius 2 is 2.00 bits per heavy atom. The molecule has 0 radical (unpaired) electrons. The average molecular weight is 298 g/mol. The van der Waals surface area contributed by atoms with Gasteiger partial charge in [0.2, 0.25) is 0 Å². The van der Waals surface area contributed by atoms with Crippen molar-refractivity contribution in [2.24, 2.45) is 7.05 Å². The largest absolute Gasteiger partial charge is 0.478 e. The number of fused-ring (bicyclic) bond motifs is 1. The second-order valence-corrected chi connectivity index (χ2v) is 5.75. The molecular formula is C16H14N2O2S. The molecule has 0 saturated heterocycles. The number of rotatable bonds is 4. The van der Waals surface area contributed by atoms with Crippen LogP contribution in [0.25, 0.3) is 11.0 Å². The van der Waals surface area contributed by atoms with Crippen LogP contribution in [0, 0.1) is 0 Å².